The van der Waals surface area contributed by atoms with Crippen molar-refractivity contribution < 1.29 is 17.6 Å². The largest absolute Gasteiger partial charge is 0.352 e. The topological polar surface area (TPSA) is 99.1 Å². The number of hydrogen-bond donors (Lipinski definition) is 2. The van der Waals surface area contributed by atoms with Gasteiger partial charge >= 0.3 is 0 Å². The zero-order chi connectivity index (χ0) is 18.3. The van der Waals surface area contributed by atoms with Gasteiger partial charge < -0.3 is 5.32 Å². The summed E-state index contributed by atoms with van der Waals surface area (Å²) in [4.78, 5) is 11.7. The highest BCUT2D eigenvalue weighted by Crippen LogP contribution is 2.09. The molecule has 0 atom stereocenters. The van der Waals surface area contributed by atoms with Crippen molar-refractivity contribution >= 4 is 15.9 Å². The van der Waals surface area contributed by atoms with Gasteiger partial charge in [-0.15, -0.1) is 0 Å². The molecule has 0 unspecified atom stereocenters. The number of amides is 1. The van der Waals surface area contributed by atoms with Crippen molar-refractivity contribution in [3.05, 3.63) is 65.5 Å². The molecular weight excluding hydrogens is 345 g/mol. The van der Waals surface area contributed by atoms with E-state index in [-0.39, 0.29) is 30.3 Å². The third kappa shape index (κ3) is 5.67. The van der Waals surface area contributed by atoms with Crippen LogP contribution in [0.5, 0.6) is 0 Å². The Morgan fingerprint density at radius 2 is 1.88 bits per heavy atom. The minimum Gasteiger partial charge on any atom is -0.352 e. The average Bonchev–Trinajstić information content (AvgIpc) is 2.60. The fraction of sp³-hybridized carbons (Fsp3) is 0.176. The normalized spacial score (nSPS) is 10.9. The second kappa shape index (κ2) is 8.37. The first-order valence-electron chi connectivity index (χ1n) is 7.42. The van der Waals surface area contributed by atoms with Crippen molar-refractivity contribution in [2.24, 2.45) is 0 Å². The molecule has 130 valence electrons. The van der Waals surface area contributed by atoms with Gasteiger partial charge in [-0.05, 0) is 42.0 Å². The van der Waals surface area contributed by atoms with E-state index in [1.165, 1.54) is 0 Å². The van der Waals surface area contributed by atoms with Crippen molar-refractivity contribution in [2.75, 3.05) is 6.54 Å². The smallest absolute Gasteiger partial charge is 0.240 e. The van der Waals surface area contributed by atoms with Crippen LogP contribution in [-0.4, -0.2) is 20.9 Å². The van der Waals surface area contributed by atoms with Gasteiger partial charge in [0.05, 0.1) is 16.5 Å². The number of nitrogens with one attached hydrogen (secondary N) is 2. The minimum atomic E-state index is -3.78. The van der Waals surface area contributed by atoms with Gasteiger partial charge in [-0.1, -0.05) is 12.1 Å². The quantitative estimate of drug-likeness (QED) is 0.784. The maximum atomic E-state index is 12.8. The van der Waals surface area contributed by atoms with Gasteiger partial charge in [0.15, 0.2) is 0 Å². The molecule has 0 saturated heterocycles. The number of hydrogen-bond acceptors (Lipinski definition) is 4. The molecule has 0 heterocycles. The Bertz CT molecular complexity index is 890. The lowest BCUT2D eigenvalue weighted by atomic mass is 10.1. The SMILES string of the molecule is N#Cc1cccc(CNC(=O)CCNS(=O)(=O)c2ccc(F)cc2)c1. The lowest BCUT2D eigenvalue weighted by Crippen LogP contribution is -2.30. The maximum absolute atomic E-state index is 12.8. The van der Waals surface area contributed by atoms with E-state index in [0.29, 0.717) is 5.56 Å². The summed E-state index contributed by atoms with van der Waals surface area (Å²) in [6, 6.07) is 13.2. The van der Waals surface area contributed by atoms with Crippen LogP contribution in [0.4, 0.5) is 4.39 Å². The molecule has 0 bridgehead atoms. The molecule has 25 heavy (non-hydrogen) atoms. The first-order chi connectivity index (χ1) is 11.9. The molecule has 0 aliphatic carbocycles. The number of carbonyl (C=O) groups is 1. The molecule has 6 nitrogen and oxygen atoms in total. The van der Waals surface area contributed by atoms with Crippen LogP contribution in [0.15, 0.2) is 53.4 Å². The van der Waals surface area contributed by atoms with E-state index in [0.717, 1.165) is 29.8 Å². The van der Waals surface area contributed by atoms with Crippen LogP contribution in [0.2, 0.25) is 0 Å². The highest BCUT2D eigenvalue weighted by Gasteiger charge is 2.14. The maximum Gasteiger partial charge on any atom is 0.240 e. The summed E-state index contributed by atoms with van der Waals surface area (Å²) in [5.74, 6) is -0.858. The zero-order valence-electron chi connectivity index (χ0n) is 13.2. The molecule has 0 spiro atoms. The van der Waals surface area contributed by atoms with Crippen LogP contribution in [0.25, 0.3) is 0 Å². The number of sulfonamides is 1. The van der Waals surface area contributed by atoms with E-state index in [9.17, 15) is 17.6 Å². The van der Waals surface area contributed by atoms with Crippen molar-refractivity contribution in [3.8, 4) is 6.07 Å². The number of rotatable bonds is 7. The number of halogens is 1. The van der Waals surface area contributed by atoms with Crippen molar-refractivity contribution in [1.82, 2.24) is 10.0 Å². The van der Waals surface area contributed by atoms with E-state index in [2.05, 4.69) is 10.0 Å². The first kappa shape index (κ1) is 18.6. The Morgan fingerprint density at radius 1 is 1.16 bits per heavy atom. The summed E-state index contributed by atoms with van der Waals surface area (Å²) in [5, 5.41) is 11.5. The third-order valence-electron chi connectivity index (χ3n) is 3.31. The summed E-state index contributed by atoms with van der Waals surface area (Å²) < 4.78 is 39.1. The standard InChI is InChI=1S/C17H16FN3O3S/c18-15-4-6-16(7-5-15)25(23,24)21-9-8-17(22)20-12-14-3-1-2-13(10-14)11-19/h1-7,10,21H,8-9,12H2,(H,20,22). The molecule has 0 saturated carbocycles. The van der Waals surface area contributed by atoms with Gasteiger partial charge in [0, 0.05) is 19.5 Å². The van der Waals surface area contributed by atoms with Crippen LogP contribution in [0.1, 0.15) is 17.5 Å². The Kier molecular flexibility index (Phi) is 6.22. The summed E-state index contributed by atoms with van der Waals surface area (Å²) >= 11 is 0. The third-order valence-corrected chi connectivity index (χ3v) is 4.79. The zero-order valence-corrected chi connectivity index (χ0v) is 14.0. The second-order valence-electron chi connectivity index (χ2n) is 5.19. The van der Waals surface area contributed by atoms with Crippen LogP contribution in [0.3, 0.4) is 0 Å². The van der Waals surface area contributed by atoms with Crippen LogP contribution < -0.4 is 10.0 Å². The molecule has 2 aromatic carbocycles. The van der Waals surface area contributed by atoms with Crippen molar-refractivity contribution in [1.29, 1.82) is 5.26 Å². The van der Waals surface area contributed by atoms with Crippen molar-refractivity contribution in [2.45, 2.75) is 17.9 Å². The number of nitrogens with zero attached hydrogens (tertiary/aromatic N) is 1. The molecule has 2 aromatic rings. The predicted octanol–water partition coefficient (Wildman–Crippen LogP) is 1.68. The lowest BCUT2D eigenvalue weighted by molar-refractivity contribution is -0.121. The molecule has 0 fully saturated rings. The van der Waals surface area contributed by atoms with Crippen molar-refractivity contribution in [3.63, 3.8) is 0 Å². The fourth-order valence-corrected chi connectivity index (χ4v) is 3.07. The Labute approximate surface area is 145 Å². The number of benzene rings is 2. The Balaban J connectivity index is 1.80. The Hall–Kier alpha value is -2.76. The van der Waals surface area contributed by atoms with Gasteiger partial charge in [0.2, 0.25) is 15.9 Å². The highest BCUT2D eigenvalue weighted by atomic mass is 32.2. The van der Waals surface area contributed by atoms with Crippen LogP contribution >= 0.6 is 0 Å². The molecule has 0 aliphatic rings. The fourth-order valence-electron chi connectivity index (χ4n) is 2.04. The minimum absolute atomic E-state index is 0.0433. The summed E-state index contributed by atoms with van der Waals surface area (Å²) in [6.07, 6.45) is -0.0433. The Morgan fingerprint density at radius 3 is 2.56 bits per heavy atom. The van der Waals surface area contributed by atoms with Gasteiger partial charge in [-0.25, -0.2) is 17.5 Å². The van der Waals surface area contributed by atoms with E-state index >= 15 is 0 Å². The molecular formula is C17H16FN3O3S. The van der Waals surface area contributed by atoms with Crippen LogP contribution in [-0.2, 0) is 21.4 Å². The number of nitriles is 1. The molecule has 1 amide bonds. The van der Waals surface area contributed by atoms with E-state index in [1.807, 2.05) is 6.07 Å². The van der Waals surface area contributed by atoms with E-state index < -0.39 is 15.8 Å². The number of carbonyl (C=O) groups excluding carboxylic acids is 1. The molecule has 0 aromatic heterocycles. The first-order valence-corrected chi connectivity index (χ1v) is 8.90. The van der Waals surface area contributed by atoms with E-state index in [1.54, 1.807) is 24.3 Å². The summed E-state index contributed by atoms with van der Waals surface area (Å²) in [5.41, 5.74) is 1.28. The average molecular weight is 361 g/mol. The molecule has 8 heteroatoms. The van der Waals surface area contributed by atoms with Gasteiger partial charge in [0.1, 0.15) is 5.82 Å². The van der Waals surface area contributed by atoms with E-state index in [4.69, 9.17) is 5.26 Å². The molecule has 2 N–H and O–H groups in total. The molecule has 2 rings (SSSR count). The van der Waals surface area contributed by atoms with Gasteiger partial charge in [0.25, 0.3) is 0 Å². The lowest BCUT2D eigenvalue weighted by Gasteiger charge is -2.08. The highest BCUT2D eigenvalue weighted by molar-refractivity contribution is 7.89. The molecule has 0 radical (unpaired) electrons. The summed E-state index contributed by atoms with van der Waals surface area (Å²) in [7, 11) is -3.78. The van der Waals surface area contributed by atoms with Crippen LogP contribution in [0, 0.1) is 17.1 Å². The predicted molar refractivity (Wildman–Crippen MR) is 89.2 cm³/mol. The van der Waals surface area contributed by atoms with Gasteiger partial charge in [-0.2, -0.15) is 5.26 Å². The monoisotopic (exact) mass is 361 g/mol. The van der Waals surface area contributed by atoms with Gasteiger partial charge in [-0.3, -0.25) is 4.79 Å². The molecule has 0 aliphatic heterocycles. The summed E-state index contributed by atoms with van der Waals surface area (Å²) in [6.45, 7) is 0.169. The second-order valence-corrected chi connectivity index (χ2v) is 6.96.